The molecular formula is C27H43N21. The number of tetrazole rings is 1. The molecule has 21 nitrogen and oxygen atoms in total. The SMILES string of the molecule is CC1C=NN=N1.Cc1nn[nH]n1.Cn1cccc1.Cn1cccn1.Cn1ccnc1.Cn1ccnn1.Cn1cncn1.Cn1cnnc1. The number of nitrogens with zero attached hydrogens (tertiary/aromatic N) is 20. The van der Waals surface area contributed by atoms with Gasteiger partial charge >= 0.3 is 0 Å². The summed E-state index contributed by atoms with van der Waals surface area (Å²) in [5, 5.41) is 45.0. The standard InChI is InChI=1S/C5H7N.2C4H6N2.4C3H5N3.C2H4N4/c1-6-4-2-3-5-6;1-6-3-2-5-4-6;1-6-4-2-3-5-6;1-6-2-4-5-3-6;1-6-3-4-2-5-6;1-6-3-2-4-5-6;1-3-2-4-6-5-3;1-2-3-5-6-4-2/h2-5H,1H3;2*2-4H,1H3;4*2-3H,1H3;1H3,(H,3,4,5,6). The van der Waals surface area contributed by atoms with Crippen LogP contribution in [0.2, 0.25) is 0 Å². The van der Waals surface area contributed by atoms with Gasteiger partial charge < -0.3 is 13.7 Å². The van der Waals surface area contributed by atoms with Crippen molar-refractivity contribution < 1.29 is 0 Å². The monoisotopic (exact) mass is 661 g/mol. The Hall–Kier alpha value is -6.54. The molecule has 0 aromatic carbocycles. The summed E-state index contributed by atoms with van der Waals surface area (Å²) in [5.74, 6) is 0.676. The van der Waals surface area contributed by atoms with Gasteiger partial charge in [-0.25, -0.2) is 9.97 Å². The van der Waals surface area contributed by atoms with Gasteiger partial charge in [-0.05, 0) is 37.3 Å². The minimum absolute atomic E-state index is 0.213. The molecule has 0 fully saturated rings. The van der Waals surface area contributed by atoms with Crippen LogP contribution < -0.4 is 0 Å². The summed E-state index contributed by atoms with van der Waals surface area (Å²) in [6.45, 7) is 3.70. The first-order chi connectivity index (χ1) is 23.2. The van der Waals surface area contributed by atoms with Crippen LogP contribution in [0, 0.1) is 6.92 Å². The van der Waals surface area contributed by atoms with Crippen LogP contribution in [0.1, 0.15) is 12.7 Å². The highest BCUT2D eigenvalue weighted by atomic mass is 15.5. The van der Waals surface area contributed by atoms with Crippen LogP contribution in [0.4, 0.5) is 0 Å². The Bertz CT molecular complexity index is 1290. The van der Waals surface area contributed by atoms with Crippen LogP contribution in [0.3, 0.4) is 0 Å². The third-order valence-corrected chi connectivity index (χ3v) is 4.66. The van der Waals surface area contributed by atoms with Gasteiger partial charge in [0.25, 0.3) is 0 Å². The molecule has 0 amide bonds. The van der Waals surface area contributed by atoms with E-state index in [-0.39, 0.29) is 6.04 Å². The van der Waals surface area contributed by atoms with Crippen LogP contribution in [-0.4, -0.2) is 101 Å². The molecule has 1 atom stereocenters. The smallest absolute Gasteiger partial charge is 0.171 e. The topological polar surface area (TPSA) is 224 Å². The number of aromatic amines is 1. The molecule has 0 saturated carbocycles. The third kappa shape index (κ3) is 23.9. The molecule has 8 heterocycles. The zero-order valence-corrected chi connectivity index (χ0v) is 28.3. The van der Waals surface area contributed by atoms with Crippen molar-refractivity contribution in [3.63, 3.8) is 0 Å². The van der Waals surface area contributed by atoms with Gasteiger partial charge in [0.05, 0.1) is 18.7 Å². The molecule has 1 unspecified atom stereocenters. The van der Waals surface area contributed by atoms with Crippen LogP contribution in [-0.2, 0) is 42.3 Å². The number of nitrogens with one attached hydrogen (secondary N) is 1. The second-order valence-electron chi connectivity index (χ2n) is 9.20. The third-order valence-electron chi connectivity index (χ3n) is 4.66. The van der Waals surface area contributed by atoms with Gasteiger partial charge in [-0.3, -0.25) is 14.0 Å². The molecule has 1 aliphatic rings. The van der Waals surface area contributed by atoms with E-state index in [0.29, 0.717) is 5.82 Å². The van der Waals surface area contributed by atoms with Gasteiger partial charge in [-0.1, -0.05) is 10.4 Å². The predicted molar refractivity (Wildman–Crippen MR) is 177 cm³/mol. The van der Waals surface area contributed by atoms with E-state index in [4.69, 9.17) is 0 Å². The Kier molecular flexibility index (Phi) is 21.2. The van der Waals surface area contributed by atoms with Crippen molar-refractivity contribution in [1.29, 1.82) is 0 Å². The molecule has 7 aromatic heterocycles. The number of H-pyrrole nitrogens is 1. The summed E-state index contributed by atoms with van der Waals surface area (Å²) >= 11 is 0. The lowest BCUT2D eigenvalue weighted by Gasteiger charge is -1.79. The molecule has 1 N–H and O–H groups in total. The first-order valence-corrected chi connectivity index (χ1v) is 14.1. The quantitative estimate of drug-likeness (QED) is 0.246. The molecule has 21 heteroatoms. The maximum absolute atomic E-state index is 3.83. The molecular weight excluding hydrogens is 618 g/mol. The van der Waals surface area contributed by atoms with E-state index in [2.05, 4.69) is 76.7 Å². The van der Waals surface area contributed by atoms with Crippen molar-refractivity contribution in [2.24, 2.45) is 57.7 Å². The highest BCUT2D eigenvalue weighted by molar-refractivity contribution is 5.64. The van der Waals surface area contributed by atoms with Gasteiger partial charge in [0.1, 0.15) is 31.4 Å². The van der Waals surface area contributed by atoms with Crippen molar-refractivity contribution in [2.75, 3.05) is 0 Å². The molecule has 48 heavy (non-hydrogen) atoms. The van der Waals surface area contributed by atoms with Crippen molar-refractivity contribution >= 4 is 6.21 Å². The van der Waals surface area contributed by atoms with Crippen LogP contribution in [0.25, 0.3) is 0 Å². The predicted octanol–water partition coefficient (Wildman–Crippen LogP) is 1.65. The maximum Gasteiger partial charge on any atom is 0.171 e. The summed E-state index contributed by atoms with van der Waals surface area (Å²) in [5.41, 5.74) is 0. The number of imidazole rings is 1. The molecule has 8 rings (SSSR count). The Balaban J connectivity index is 0.000000274. The summed E-state index contributed by atoms with van der Waals surface area (Å²) in [4.78, 5) is 7.46. The van der Waals surface area contributed by atoms with E-state index in [1.807, 2.05) is 101 Å². The van der Waals surface area contributed by atoms with Crippen LogP contribution in [0.15, 0.2) is 115 Å². The van der Waals surface area contributed by atoms with Crippen molar-refractivity contribution in [3.8, 4) is 0 Å². The minimum Gasteiger partial charge on any atom is -0.357 e. The summed E-state index contributed by atoms with van der Waals surface area (Å²) in [6.07, 6.45) is 24.6. The Morgan fingerprint density at radius 3 is 1.56 bits per heavy atom. The first-order valence-electron chi connectivity index (χ1n) is 14.1. The van der Waals surface area contributed by atoms with E-state index in [1.54, 1.807) is 81.8 Å². The van der Waals surface area contributed by atoms with Gasteiger partial charge in [-0.15, -0.1) is 30.6 Å². The Morgan fingerprint density at radius 2 is 1.40 bits per heavy atom. The average Bonchev–Trinajstić information content (AvgIpc) is 3.87. The molecule has 0 radical (unpaired) electrons. The van der Waals surface area contributed by atoms with E-state index in [0.717, 1.165) is 0 Å². The fraction of sp³-hybridized carbons (Fsp3) is 0.333. The molecule has 0 aliphatic carbocycles. The van der Waals surface area contributed by atoms with Crippen LogP contribution in [0.5, 0.6) is 0 Å². The summed E-state index contributed by atoms with van der Waals surface area (Å²) in [6, 6.07) is 6.10. The van der Waals surface area contributed by atoms with Crippen molar-refractivity contribution in [2.45, 2.75) is 19.9 Å². The highest BCUT2D eigenvalue weighted by Crippen LogP contribution is 1.93. The summed E-state index contributed by atoms with van der Waals surface area (Å²) < 4.78 is 10.7. The molecule has 7 aromatic rings. The number of aromatic nitrogens is 18. The molecule has 0 saturated heterocycles. The lowest BCUT2D eigenvalue weighted by molar-refractivity contribution is 0.715. The van der Waals surface area contributed by atoms with Gasteiger partial charge in [-0.2, -0.15) is 20.5 Å². The van der Waals surface area contributed by atoms with Crippen molar-refractivity contribution in [1.82, 2.24) is 89.0 Å². The number of hydrogen-bond acceptors (Lipinski definition) is 14. The van der Waals surface area contributed by atoms with Gasteiger partial charge in [0.2, 0.25) is 0 Å². The van der Waals surface area contributed by atoms with E-state index < -0.39 is 0 Å². The molecule has 0 bridgehead atoms. The Morgan fingerprint density at radius 1 is 0.646 bits per heavy atom. The lowest BCUT2D eigenvalue weighted by Crippen LogP contribution is -1.90. The second kappa shape index (κ2) is 25.8. The number of hydrogen-bond donors (Lipinski definition) is 1. The van der Waals surface area contributed by atoms with E-state index in [9.17, 15) is 0 Å². The molecule has 256 valence electrons. The number of rotatable bonds is 0. The fourth-order valence-electron chi connectivity index (χ4n) is 2.36. The fourth-order valence-corrected chi connectivity index (χ4v) is 2.36. The lowest BCUT2D eigenvalue weighted by atomic mass is 10.4. The number of aryl methyl sites for hydroxylation is 7. The van der Waals surface area contributed by atoms with Gasteiger partial charge in [0.15, 0.2) is 5.82 Å². The largest absolute Gasteiger partial charge is 0.357 e. The molecule has 1 aliphatic heterocycles. The van der Waals surface area contributed by atoms with Gasteiger partial charge in [0, 0.05) is 85.7 Å². The minimum atomic E-state index is 0.213. The zero-order valence-electron chi connectivity index (χ0n) is 28.3. The summed E-state index contributed by atoms with van der Waals surface area (Å²) in [7, 11) is 11.4. The molecule has 0 spiro atoms. The zero-order chi connectivity index (χ0) is 35.2. The van der Waals surface area contributed by atoms with Crippen LogP contribution >= 0.6 is 0 Å². The Labute approximate surface area is 278 Å². The second-order valence-corrected chi connectivity index (χ2v) is 9.20. The average molecular weight is 662 g/mol. The highest BCUT2D eigenvalue weighted by Gasteiger charge is 1.94. The normalized spacial score (nSPS) is 11.4. The van der Waals surface area contributed by atoms with E-state index >= 15 is 0 Å². The maximum atomic E-state index is 3.83. The first kappa shape index (κ1) is 39.5. The van der Waals surface area contributed by atoms with E-state index in [1.165, 1.54) is 6.33 Å². The van der Waals surface area contributed by atoms with Crippen molar-refractivity contribution in [3.05, 3.63) is 105 Å².